The number of imidazole rings is 1. The monoisotopic (exact) mass is 217 g/mol. The van der Waals surface area contributed by atoms with E-state index in [1.165, 1.54) is 0 Å². The highest BCUT2D eigenvalue weighted by Gasteiger charge is 2.27. The number of ether oxygens (including phenoxy) is 1. The van der Waals surface area contributed by atoms with E-state index in [9.17, 15) is 0 Å². The van der Waals surface area contributed by atoms with Crippen LogP contribution >= 0.6 is 0 Å². The number of methoxy groups -OCH3 is 1. The number of aromatic amines is 1. The largest absolute Gasteiger partial charge is 0.380 e. The average molecular weight is 217 g/mol. The number of benzene rings is 1. The van der Waals surface area contributed by atoms with Gasteiger partial charge in [-0.1, -0.05) is 12.1 Å². The molecule has 16 heavy (non-hydrogen) atoms. The molecule has 2 atom stereocenters. The fourth-order valence-electron chi connectivity index (χ4n) is 2.23. The van der Waals surface area contributed by atoms with E-state index in [0.29, 0.717) is 6.10 Å². The molecule has 4 nitrogen and oxygen atoms in total. The molecule has 2 aromatic rings. The van der Waals surface area contributed by atoms with Crippen molar-refractivity contribution in [1.29, 1.82) is 0 Å². The zero-order chi connectivity index (χ0) is 11.0. The number of nitrogens with zero attached hydrogens (tertiary/aromatic N) is 1. The van der Waals surface area contributed by atoms with Gasteiger partial charge in [0.15, 0.2) is 0 Å². The first-order valence-corrected chi connectivity index (χ1v) is 5.57. The van der Waals surface area contributed by atoms with Gasteiger partial charge < -0.3 is 15.0 Å². The molecule has 84 valence electrons. The Morgan fingerprint density at radius 3 is 3.00 bits per heavy atom. The number of hydrogen-bond acceptors (Lipinski definition) is 3. The van der Waals surface area contributed by atoms with E-state index in [0.717, 1.165) is 29.8 Å². The van der Waals surface area contributed by atoms with Gasteiger partial charge in [0, 0.05) is 13.7 Å². The summed E-state index contributed by atoms with van der Waals surface area (Å²) < 4.78 is 5.33. The van der Waals surface area contributed by atoms with Crippen LogP contribution in [0.4, 0.5) is 0 Å². The SMILES string of the molecule is CO[C@@H]1CN[C@H](c2nc3ccccc3[nH]2)C1. The maximum Gasteiger partial charge on any atom is 0.124 e. The van der Waals surface area contributed by atoms with E-state index in [4.69, 9.17) is 4.74 Å². The molecule has 1 aromatic heterocycles. The van der Waals surface area contributed by atoms with Crippen LogP contribution < -0.4 is 5.32 Å². The van der Waals surface area contributed by atoms with Crippen LogP contribution in [0.2, 0.25) is 0 Å². The topological polar surface area (TPSA) is 49.9 Å². The maximum absolute atomic E-state index is 5.33. The summed E-state index contributed by atoms with van der Waals surface area (Å²) in [6.45, 7) is 0.901. The maximum atomic E-state index is 5.33. The van der Waals surface area contributed by atoms with Gasteiger partial charge in [-0.25, -0.2) is 4.98 Å². The number of hydrogen-bond donors (Lipinski definition) is 2. The van der Waals surface area contributed by atoms with Gasteiger partial charge in [0.2, 0.25) is 0 Å². The Labute approximate surface area is 94.0 Å². The lowest BCUT2D eigenvalue weighted by atomic mass is 10.2. The fraction of sp³-hybridized carbons (Fsp3) is 0.417. The first-order valence-electron chi connectivity index (χ1n) is 5.57. The molecule has 4 heteroatoms. The highest BCUT2D eigenvalue weighted by atomic mass is 16.5. The minimum atomic E-state index is 0.289. The summed E-state index contributed by atoms with van der Waals surface area (Å²) in [5.41, 5.74) is 2.13. The van der Waals surface area contributed by atoms with Crippen molar-refractivity contribution in [2.75, 3.05) is 13.7 Å². The van der Waals surface area contributed by atoms with Gasteiger partial charge in [0.1, 0.15) is 5.82 Å². The highest BCUT2D eigenvalue weighted by Crippen LogP contribution is 2.24. The number of rotatable bonds is 2. The lowest BCUT2D eigenvalue weighted by Crippen LogP contribution is -2.16. The van der Waals surface area contributed by atoms with Gasteiger partial charge in [-0.05, 0) is 18.6 Å². The molecule has 0 aliphatic carbocycles. The second-order valence-corrected chi connectivity index (χ2v) is 4.19. The zero-order valence-electron chi connectivity index (χ0n) is 9.23. The Morgan fingerprint density at radius 1 is 1.38 bits per heavy atom. The number of fused-ring (bicyclic) bond motifs is 1. The minimum absolute atomic E-state index is 0.289. The molecule has 1 aromatic carbocycles. The van der Waals surface area contributed by atoms with E-state index in [2.05, 4.69) is 21.4 Å². The third-order valence-corrected chi connectivity index (χ3v) is 3.16. The molecule has 1 saturated heterocycles. The average Bonchev–Trinajstić information content (AvgIpc) is 2.95. The van der Waals surface area contributed by atoms with Crippen molar-refractivity contribution < 1.29 is 4.74 Å². The highest BCUT2D eigenvalue weighted by molar-refractivity contribution is 5.74. The predicted octanol–water partition coefficient (Wildman–Crippen LogP) is 1.61. The van der Waals surface area contributed by atoms with Gasteiger partial charge in [0.25, 0.3) is 0 Å². The Hall–Kier alpha value is -1.39. The van der Waals surface area contributed by atoms with Gasteiger partial charge in [-0.2, -0.15) is 0 Å². The summed E-state index contributed by atoms with van der Waals surface area (Å²) in [5, 5.41) is 3.42. The summed E-state index contributed by atoms with van der Waals surface area (Å²) in [4.78, 5) is 7.94. The van der Waals surface area contributed by atoms with E-state index in [1.807, 2.05) is 18.2 Å². The van der Waals surface area contributed by atoms with E-state index in [-0.39, 0.29) is 6.04 Å². The number of H-pyrrole nitrogens is 1. The predicted molar refractivity (Wildman–Crippen MR) is 62.3 cm³/mol. The molecule has 0 unspecified atom stereocenters. The molecule has 2 heterocycles. The molecule has 2 N–H and O–H groups in total. The lowest BCUT2D eigenvalue weighted by Gasteiger charge is -2.06. The molecule has 0 bridgehead atoms. The second-order valence-electron chi connectivity index (χ2n) is 4.19. The smallest absolute Gasteiger partial charge is 0.124 e. The molecule has 0 saturated carbocycles. The first kappa shape index (κ1) is 9.81. The van der Waals surface area contributed by atoms with Crippen molar-refractivity contribution in [3.8, 4) is 0 Å². The molecule has 1 aliphatic rings. The Morgan fingerprint density at radius 2 is 2.25 bits per heavy atom. The van der Waals surface area contributed by atoms with Crippen LogP contribution in [0.1, 0.15) is 18.3 Å². The van der Waals surface area contributed by atoms with Crippen molar-refractivity contribution in [1.82, 2.24) is 15.3 Å². The van der Waals surface area contributed by atoms with Crippen molar-refractivity contribution in [3.63, 3.8) is 0 Å². The van der Waals surface area contributed by atoms with Crippen molar-refractivity contribution in [3.05, 3.63) is 30.1 Å². The Balaban J connectivity index is 1.89. The minimum Gasteiger partial charge on any atom is -0.380 e. The van der Waals surface area contributed by atoms with Gasteiger partial charge in [-0.15, -0.1) is 0 Å². The quantitative estimate of drug-likeness (QED) is 0.803. The first-order chi connectivity index (χ1) is 7.86. The number of aromatic nitrogens is 2. The van der Waals surface area contributed by atoms with E-state index < -0.39 is 0 Å². The van der Waals surface area contributed by atoms with E-state index in [1.54, 1.807) is 7.11 Å². The Bertz CT molecular complexity index is 461. The van der Waals surface area contributed by atoms with Crippen LogP contribution in [0.5, 0.6) is 0 Å². The summed E-state index contributed by atoms with van der Waals surface area (Å²) in [6.07, 6.45) is 1.29. The molecular formula is C12H15N3O. The fourth-order valence-corrected chi connectivity index (χ4v) is 2.23. The van der Waals surface area contributed by atoms with Crippen LogP contribution in [-0.4, -0.2) is 29.7 Å². The molecule has 0 amide bonds. The van der Waals surface area contributed by atoms with Crippen molar-refractivity contribution in [2.24, 2.45) is 0 Å². The molecule has 1 aliphatic heterocycles. The van der Waals surface area contributed by atoms with Crippen molar-refractivity contribution in [2.45, 2.75) is 18.6 Å². The molecule has 0 spiro atoms. The zero-order valence-corrected chi connectivity index (χ0v) is 9.23. The van der Waals surface area contributed by atoms with Crippen LogP contribution in [0.15, 0.2) is 24.3 Å². The van der Waals surface area contributed by atoms with Gasteiger partial charge in [0.05, 0.1) is 23.2 Å². The van der Waals surface area contributed by atoms with Crippen molar-refractivity contribution >= 4 is 11.0 Å². The molecule has 3 rings (SSSR count). The van der Waals surface area contributed by atoms with Crippen LogP contribution in [0.3, 0.4) is 0 Å². The number of para-hydroxylation sites is 2. The summed E-state index contributed by atoms with van der Waals surface area (Å²) in [6, 6.07) is 8.39. The standard InChI is InChI=1S/C12H15N3O/c1-16-8-6-11(13-7-8)12-14-9-4-2-3-5-10(9)15-12/h2-5,8,11,13H,6-7H2,1H3,(H,14,15)/t8-,11-/m0/s1. The second kappa shape index (κ2) is 3.88. The number of nitrogens with one attached hydrogen (secondary N) is 2. The third-order valence-electron chi connectivity index (χ3n) is 3.16. The normalized spacial score (nSPS) is 25.3. The molecule has 1 fully saturated rings. The van der Waals surface area contributed by atoms with Crippen LogP contribution in [0, 0.1) is 0 Å². The Kier molecular flexibility index (Phi) is 2.38. The molecular weight excluding hydrogens is 202 g/mol. The summed E-state index contributed by atoms with van der Waals surface area (Å²) in [5.74, 6) is 1.01. The lowest BCUT2D eigenvalue weighted by molar-refractivity contribution is 0.117. The molecule has 0 radical (unpaired) electrons. The summed E-state index contributed by atoms with van der Waals surface area (Å²) in [7, 11) is 1.76. The van der Waals surface area contributed by atoms with Gasteiger partial charge in [-0.3, -0.25) is 0 Å². The van der Waals surface area contributed by atoms with E-state index >= 15 is 0 Å². The third kappa shape index (κ3) is 1.60. The van der Waals surface area contributed by atoms with Crippen LogP contribution in [0.25, 0.3) is 11.0 Å². The van der Waals surface area contributed by atoms with Crippen LogP contribution in [-0.2, 0) is 4.74 Å². The summed E-state index contributed by atoms with van der Waals surface area (Å²) >= 11 is 0. The van der Waals surface area contributed by atoms with Gasteiger partial charge >= 0.3 is 0 Å².